The van der Waals surface area contributed by atoms with Crippen LogP contribution in [0.25, 0.3) is 11.4 Å². The number of para-hydroxylation sites is 1. The lowest BCUT2D eigenvalue weighted by atomic mass is 10.1. The zero-order chi connectivity index (χ0) is 20.4. The molecule has 0 bridgehead atoms. The maximum atomic E-state index is 12.7. The fraction of sp³-hybridized carbons (Fsp3) is 0.318. The van der Waals surface area contributed by atoms with Gasteiger partial charge in [-0.1, -0.05) is 47.1 Å². The van der Waals surface area contributed by atoms with E-state index in [2.05, 4.69) is 22.0 Å². The second-order valence-electron chi connectivity index (χ2n) is 7.41. The summed E-state index contributed by atoms with van der Waals surface area (Å²) in [5.41, 5.74) is 9.16. The lowest BCUT2D eigenvalue weighted by Gasteiger charge is -2.37. The summed E-state index contributed by atoms with van der Waals surface area (Å²) in [5.74, 6) is 1.17. The highest BCUT2D eigenvalue weighted by molar-refractivity contribution is 5.99. The molecular formula is C22H25N5O2. The monoisotopic (exact) mass is 391 g/mol. The van der Waals surface area contributed by atoms with Crippen LogP contribution >= 0.6 is 0 Å². The van der Waals surface area contributed by atoms with E-state index in [0.717, 1.165) is 18.7 Å². The van der Waals surface area contributed by atoms with Gasteiger partial charge >= 0.3 is 0 Å². The lowest BCUT2D eigenvalue weighted by Crippen LogP contribution is -2.49. The van der Waals surface area contributed by atoms with E-state index in [1.165, 1.54) is 5.56 Å². The number of benzene rings is 2. The molecule has 0 spiro atoms. The molecule has 7 heteroatoms. The maximum absolute atomic E-state index is 12.7. The Hall–Kier alpha value is -3.19. The van der Waals surface area contributed by atoms with Gasteiger partial charge in [-0.15, -0.1) is 0 Å². The molecule has 2 N–H and O–H groups in total. The van der Waals surface area contributed by atoms with Crippen molar-refractivity contribution >= 4 is 11.6 Å². The van der Waals surface area contributed by atoms with Crippen molar-refractivity contribution in [2.75, 3.05) is 31.9 Å². The number of amides is 1. The van der Waals surface area contributed by atoms with Crippen LogP contribution in [0.2, 0.25) is 0 Å². The smallest absolute Gasteiger partial charge is 0.256 e. The number of nitrogens with two attached hydrogens (primary N) is 1. The van der Waals surface area contributed by atoms with E-state index < -0.39 is 0 Å². The number of piperazine rings is 1. The van der Waals surface area contributed by atoms with Crippen LogP contribution in [-0.4, -0.2) is 52.0 Å². The quantitative estimate of drug-likeness (QED) is 0.688. The summed E-state index contributed by atoms with van der Waals surface area (Å²) in [6.45, 7) is 6.85. The highest BCUT2D eigenvalue weighted by atomic mass is 16.5. The summed E-state index contributed by atoms with van der Waals surface area (Å²) in [6.07, 6.45) is 0. The molecule has 1 unspecified atom stereocenters. The van der Waals surface area contributed by atoms with Crippen molar-refractivity contribution in [1.29, 1.82) is 0 Å². The topological polar surface area (TPSA) is 88.5 Å². The molecule has 3 aromatic rings. The molecule has 1 aliphatic heterocycles. The number of aromatic nitrogens is 2. The number of nitrogen functional groups attached to an aromatic ring is 1. The minimum atomic E-state index is -0.0187. The number of hydrogen-bond acceptors (Lipinski definition) is 6. The number of aryl methyl sites for hydroxylation is 1. The second-order valence-corrected chi connectivity index (χ2v) is 7.41. The molecule has 7 nitrogen and oxygen atoms in total. The van der Waals surface area contributed by atoms with Crippen molar-refractivity contribution in [3.05, 3.63) is 65.5 Å². The third kappa shape index (κ3) is 4.00. The zero-order valence-corrected chi connectivity index (χ0v) is 16.7. The summed E-state index contributed by atoms with van der Waals surface area (Å²) in [6, 6.07) is 15.2. The average Bonchev–Trinajstić information content (AvgIpc) is 3.24. The predicted octanol–water partition coefficient (Wildman–Crippen LogP) is 3.15. The number of carbonyl (C=O) groups is 1. The van der Waals surface area contributed by atoms with Gasteiger partial charge in [-0.3, -0.25) is 9.69 Å². The third-order valence-corrected chi connectivity index (χ3v) is 5.45. The van der Waals surface area contributed by atoms with Crippen LogP contribution in [0.5, 0.6) is 0 Å². The fourth-order valence-electron chi connectivity index (χ4n) is 3.56. The maximum Gasteiger partial charge on any atom is 0.256 e. The Morgan fingerprint density at radius 2 is 1.76 bits per heavy atom. The molecule has 0 aliphatic carbocycles. The van der Waals surface area contributed by atoms with Gasteiger partial charge in [0.15, 0.2) is 0 Å². The normalized spacial score (nSPS) is 16.0. The first-order valence-electron chi connectivity index (χ1n) is 9.81. The van der Waals surface area contributed by atoms with Crippen LogP contribution in [0.3, 0.4) is 0 Å². The Morgan fingerprint density at radius 1 is 1.07 bits per heavy atom. The van der Waals surface area contributed by atoms with Crippen LogP contribution in [0.1, 0.15) is 34.8 Å². The van der Waals surface area contributed by atoms with E-state index in [9.17, 15) is 4.79 Å². The van der Waals surface area contributed by atoms with E-state index in [0.29, 0.717) is 36.1 Å². The Kier molecular flexibility index (Phi) is 5.31. The van der Waals surface area contributed by atoms with Crippen LogP contribution < -0.4 is 5.73 Å². The molecule has 1 amide bonds. The van der Waals surface area contributed by atoms with Gasteiger partial charge in [-0.05, 0) is 26.0 Å². The van der Waals surface area contributed by atoms with Gasteiger partial charge in [0.05, 0.1) is 11.6 Å². The highest BCUT2D eigenvalue weighted by Gasteiger charge is 2.28. The Morgan fingerprint density at radius 3 is 2.45 bits per heavy atom. The van der Waals surface area contributed by atoms with Gasteiger partial charge in [0, 0.05) is 37.4 Å². The highest BCUT2D eigenvalue weighted by Crippen LogP contribution is 2.24. The third-order valence-electron chi connectivity index (χ3n) is 5.45. The van der Waals surface area contributed by atoms with Crippen molar-refractivity contribution in [3.8, 4) is 11.4 Å². The average molecular weight is 391 g/mol. The van der Waals surface area contributed by atoms with Gasteiger partial charge in [0.2, 0.25) is 11.7 Å². The zero-order valence-electron chi connectivity index (χ0n) is 16.7. The molecule has 2 aromatic carbocycles. The Bertz CT molecular complexity index is 990. The van der Waals surface area contributed by atoms with E-state index in [1.807, 2.05) is 48.2 Å². The SMILES string of the molecule is Cc1ccc(-c2noc(C(C)N3CCN(C(=O)c4ccccc4N)CC3)n2)cc1. The van der Waals surface area contributed by atoms with Crippen molar-refractivity contribution in [2.24, 2.45) is 0 Å². The van der Waals surface area contributed by atoms with E-state index in [1.54, 1.807) is 12.1 Å². The molecule has 1 fully saturated rings. The number of nitrogens with zero attached hydrogens (tertiary/aromatic N) is 4. The predicted molar refractivity (Wildman–Crippen MR) is 111 cm³/mol. The molecule has 1 atom stereocenters. The van der Waals surface area contributed by atoms with Crippen molar-refractivity contribution < 1.29 is 9.32 Å². The fourth-order valence-corrected chi connectivity index (χ4v) is 3.56. The second kappa shape index (κ2) is 8.05. The molecule has 0 radical (unpaired) electrons. The van der Waals surface area contributed by atoms with Gasteiger partial charge in [-0.25, -0.2) is 0 Å². The molecule has 29 heavy (non-hydrogen) atoms. The standard InChI is InChI=1S/C22H25N5O2/c1-15-7-9-17(10-8-15)20-24-21(29-25-20)16(2)26-11-13-27(14-12-26)22(28)18-5-3-4-6-19(18)23/h3-10,16H,11-14,23H2,1-2H3. The lowest BCUT2D eigenvalue weighted by molar-refractivity contribution is 0.0552. The summed E-state index contributed by atoms with van der Waals surface area (Å²) in [5, 5.41) is 4.13. The van der Waals surface area contributed by atoms with E-state index in [-0.39, 0.29) is 11.9 Å². The Labute approximate surface area is 170 Å². The molecule has 150 valence electrons. The molecule has 2 heterocycles. The Balaban J connectivity index is 1.39. The van der Waals surface area contributed by atoms with Crippen LogP contribution in [0.4, 0.5) is 5.69 Å². The minimum Gasteiger partial charge on any atom is -0.398 e. The van der Waals surface area contributed by atoms with Crippen molar-refractivity contribution in [2.45, 2.75) is 19.9 Å². The largest absolute Gasteiger partial charge is 0.398 e. The van der Waals surface area contributed by atoms with Crippen LogP contribution in [0, 0.1) is 6.92 Å². The number of anilines is 1. The number of carbonyl (C=O) groups excluding carboxylic acids is 1. The first-order chi connectivity index (χ1) is 14.0. The van der Waals surface area contributed by atoms with E-state index in [4.69, 9.17) is 10.3 Å². The summed E-state index contributed by atoms with van der Waals surface area (Å²) < 4.78 is 5.52. The van der Waals surface area contributed by atoms with Gasteiger partial charge in [0.1, 0.15) is 0 Å². The molecule has 1 aliphatic rings. The minimum absolute atomic E-state index is 0.0132. The number of hydrogen-bond donors (Lipinski definition) is 1. The summed E-state index contributed by atoms with van der Waals surface area (Å²) in [4.78, 5) is 21.4. The van der Waals surface area contributed by atoms with Crippen LogP contribution in [-0.2, 0) is 0 Å². The van der Waals surface area contributed by atoms with E-state index >= 15 is 0 Å². The first-order valence-corrected chi connectivity index (χ1v) is 9.81. The molecular weight excluding hydrogens is 366 g/mol. The number of rotatable bonds is 4. The van der Waals surface area contributed by atoms with Crippen molar-refractivity contribution in [3.63, 3.8) is 0 Å². The molecule has 4 rings (SSSR count). The van der Waals surface area contributed by atoms with Gasteiger partial charge < -0.3 is 15.2 Å². The van der Waals surface area contributed by atoms with Crippen molar-refractivity contribution in [1.82, 2.24) is 19.9 Å². The van der Waals surface area contributed by atoms with Gasteiger partial charge in [-0.2, -0.15) is 4.98 Å². The molecule has 0 saturated carbocycles. The molecule has 1 saturated heterocycles. The first kappa shape index (κ1) is 19.1. The van der Waals surface area contributed by atoms with Gasteiger partial charge in [0.25, 0.3) is 5.91 Å². The summed E-state index contributed by atoms with van der Waals surface area (Å²) >= 11 is 0. The van der Waals surface area contributed by atoms with Crippen LogP contribution in [0.15, 0.2) is 53.1 Å². The molecule has 1 aromatic heterocycles. The summed E-state index contributed by atoms with van der Waals surface area (Å²) in [7, 11) is 0.